The Bertz CT molecular complexity index is 682. The third kappa shape index (κ3) is 4.40. The van der Waals surface area contributed by atoms with E-state index < -0.39 is 0 Å². The van der Waals surface area contributed by atoms with Gasteiger partial charge in [-0.2, -0.15) is 0 Å². The van der Waals surface area contributed by atoms with Gasteiger partial charge in [0.25, 0.3) is 0 Å². The van der Waals surface area contributed by atoms with Gasteiger partial charge in [0.2, 0.25) is 0 Å². The first-order chi connectivity index (χ1) is 11.3. The zero-order chi connectivity index (χ0) is 15.9. The number of hydrogen-bond donors (Lipinski definition) is 1. The molecule has 0 bridgehead atoms. The van der Waals surface area contributed by atoms with Crippen molar-refractivity contribution in [3.63, 3.8) is 0 Å². The van der Waals surface area contributed by atoms with E-state index in [9.17, 15) is 0 Å². The predicted molar refractivity (Wildman–Crippen MR) is 98.9 cm³/mol. The van der Waals surface area contributed by atoms with Crippen molar-refractivity contribution in [1.29, 1.82) is 0 Å². The summed E-state index contributed by atoms with van der Waals surface area (Å²) in [6, 6.07) is 19.6. The van der Waals surface area contributed by atoms with Crippen molar-refractivity contribution in [3.05, 3.63) is 77.4 Å². The van der Waals surface area contributed by atoms with E-state index in [1.807, 2.05) is 0 Å². The van der Waals surface area contributed by atoms with Crippen LogP contribution in [0.3, 0.4) is 0 Å². The highest BCUT2D eigenvalue weighted by molar-refractivity contribution is 6.01. The van der Waals surface area contributed by atoms with E-state index >= 15 is 0 Å². The molecule has 2 aromatic carbocycles. The third-order valence-electron chi connectivity index (χ3n) is 4.24. The number of rotatable bonds is 5. The first-order valence-electron chi connectivity index (χ1n) is 8.42. The van der Waals surface area contributed by atoms with Gasteiger partial charge in [-0.3, -0.25) is 4.99 Å². The Hall–Kier alpha value is -2.19. The van der Waals surface area contributed by atoms with Gasteiger partial charge in [-0.15, -0.1) is 0 Å². The fraction of sp³-hybridized carbons (Fsp3) is 0.286. The van der Waals surface area contributed by atoms with Crippen molar-refractivity contribution < 1.29 is 0 Å². The number of benzene rings is 2. The lowest BCUT2D eigenvalue weighted by Crippen LogP contribution is -2.06. The van der Waals surface area contributed by atoms with Crippen LogP contribution in [0.5, 0.6) is 0 Å². The van der Waals surface area contributed by atoms with Crippen LogP contribution in [0.2, 0.25) is 0 Å². The van der Waals surface area contributed by atoms with Crippen LogP contribution >= 0.6 is 0 Å². The van der Waals surface area contributed by atoms with Crippen LogP contribution in [0.25, 0.3) is 5.57 Å². The minimum Gasteiger partial charge on any atom is -0.330 e. The summed E-state index contributed by atoms with van der Waals surface area (Å²) in [6.07, 6.45) is 6.31. The SMILES string of the molecule is NCCC1=NCCCC(c2ccc(Cc3ccccc3)cc2)=C1. The van der Waals surface area contributed by atoms with Gasteiger partial charge in [-0.25, -0.2) is 0 Å². The molecule has 0 amide bonds. The van der Waals surface area contributed by atoms with E-state index in [1.165, 1.54) is 22.3 Å². The highest BCUT2D eigenvalue weighted by Crippen LogP contribution is 2.23. The Morgan fingerprint density at radius 2 is 1.65 bits per heavy atom. The number of hydrogen-bond acceptors (Lipinski definition) is 2. The largest absolute Gasteiger partial charge is 0.330 e. The van der Waals surface area contributed by atoms with Crippen molar-refractivity contribution in [2.75, 3.05) is 13.1 Å². The molecule has 0 spiro atoms. The molecule has 0 aliphatic carbocycles. The van der Waals surface area contributed by atoms with Crippen LogP contribution in [-0.2, 0) is 6.42 Å². The van der Waals surface area contributed by atoms with Gasteiger partial charge in [-0.05, 0) is 54.1 Å². The van der Waals surface area contributed by atoms with E-state index in [-0.39, 0.29) is 0 Å². The van der Waals surface area contributed by atoms with E-state index in [0.717, 1.165) is 37.9 Å². The molecule has 1 aliphatic heterocycles. The van der Waals surface area contributed by atoms with Crippen molar-refractivity contribution in [1.82, 2.24) is 0 Å². The maximum absolute atomic E-state index is 5.68. The molecule has 23 heavy (non-hydrogen) atoms. The number of aliphatic imine (C=N–C) groups is 1. The third-order valence-corrected chi connectivity index (χ3v) is 4.24. The molecule has 2 heteroatoms. The first-order valence-corrected chi connectivity index (χ1v) is 8.42. The molecule has 0 saturated carbocycles. The van der Waals surface area contributed by atoms with E-state index in [4.69, 9.17) is 5.73 Å². The molecule has 118 valence electrons. The molecule has 1 aliphatic rings. The lowest BCUT2D eigenvalue weighted by atomic mass is 9.97. The van der Waals surface area contributed by atoms with Crippen LogP contribution in [-0.4, -0.2) is 18.8 Å². The summed E-state index contributed by atoms with van der Waals surface area (Å²) >= 11 is 0. The molecule has 0 radical (unpaired) electrons. The summed E-state index contributed by atoms with van der Waals surface area (Å²) in [5.74, 6) is 0. The maximum Gasteiger partial charge on any atom is 0.0395 e. The lowest BCUT2D eigenvalue weighted by Gasteiger charge is -2.08. The molecule has 0 saturated heterocycles. The van der Waals surface area contributed by atoms with Crippen molar-refractivity contribution in [3.8, 4) is 0 Å². The van der Waals surface area contributed by atoms with Crippen LogP contribution < -0.4 is 5.73 Å². The molecule has 0 fully saturated rings. The van der Waals surface area contributed by atoms with E-state index in [2.05, 4.69) is 65.7 Å². The molecule has 0 aromatic heterocycles. The fourth-order valence-electron chi connectivity index (χ4n) is 3.01. The average Bonchev–Trinajstić information content (AvgIpc) is 2.83. The molecular formula is C21H24N2. The minimum absolute atomic E-state index is 0.665. The second-order valence-electron chi connectivity index (χ2n) is 6.04. The summed E-state index contributed by atoms with van der Waals surface area (Å²) in [5, 5.41) is 0. The Kier molecular flexibility index (Phi) is 5.38. The van der Waals surface area contributed by atoms with Crippen LogP contribution in [0.4, 0.5) is 0 Å². The zero-order valence-electron chi connectivity index (χ0n) is 13.5. The van der Waals surface area contributed by atoms with E-state index in [0.29, 0.717) is 6.54 Å². The molecular weight excluding hydrogens is 280 g/mol. The zero-order valence-corrected chi connectivity index (χ0v) is 13.5. The van der Waals surface area contributed by atoms with Gasteiger partial charge >= 0.3 is 0 Å². The summed E-state index contributed by atoms with van der Waals surface area (Å²) < 4.78 is 0. The standard InChI is InChI=1S/C21H24N2/c22-13-12-21-16-20(7-4-14-23-21)19-10-8-18(9-11-19)15-17-5-2-1-3-6-17/h1-3,5-6,8-11,16H,4,7,12-15,22H2. The molecule has 0 atom stereocenters. The summed E-state index contributed by atoms with van der Waals surface area (Å²) in [7, 11) is 0. The maximum atomic E-state index is 5.68. The molecule has 2 nitrogen and oxygen atoms in total. The number of nitrogens with two attached hydrogens (primary N) is 1. The molecule has 2 N–H and O–H groups in total. The van der Waals surface area contributed by atoms with Gasteiger partial charge in [0.1, 0.15) is 0 Å². The first kappa shape index (κ1) is 15.7. The highest BCUT2D eigenvalue weighted by Gasteiger charge is 2.08. The summed E-state index contributed by atoms with van der Waals surface area (Å²) in [6.45, 7) is 1.58. The Morgan fingerprint density at radius 3 is 2.39 bits per heavy atom. The van der Waals surface area contributed by atoms with Gasteiger partial charge in [0.05, 0.1) is 0 Å². The van der Waals surface area contributed by atoms with Gasteiger partial charge in [0.15, 0.2) is 0 Å². The van der Waals surface area contributed by atoms with Gasteiger partial charge in [0, 0.05) is 18.7 Å². The van der Waals surface area contributed by atoms with Gasteiger partial charge < -0.3 is 5.73 Å². The lowest BCUT2D eigenvalue weighted by molar-refractivity contribution is 0.870. The summed E-state index contributed by atoms with van der Waals surface area (Å²) in [5.41, 5.74) is 12.2. The van der Waals surface area contributed by atoms with Gasteiger partial charge in [-0.1, -0.05) is 54.6 Å². The topological polar surface area (TPSA) is 38.4 Å². The second-order valence-corrected chi connectivity index (χ2v) is 6.04. The van der Waals surface area contributed by atoms with Crippen molar-refractivity contribution in [2.45, 2.75) is 25.7 Å². The minimum atomic E-state index is 0.665. The predicted octanol–water partition coefficient (Wildman–Crippen LogP) is 4.24. The molecule has 3 rings (SSSR count). The van der Waals surface area contributed by atoms with Crippen LogP contribution in [0.1, 0.15) is 36.0 Å². The summed E-state index contributed by atoms with van der Waals surface area (Å²) in [4.78, 5) is 4.62. The smallest absolute Gasteiger partial charge is 0.0395 e. The monoisotopic (exact) mass is 304 g/mol. The van der Waals surface area contributed by atoms with E-state index in [1.54, 1.807) is 0 Å². The van der Waals surface area contributed by atoms with Crippen LogP contribution in [0.15, 0.2) is 65.7 Å². The normalized spacial score (nSPS) is 14.8. The Balaban J connectivity index is 1.75. The second kappa shape index (κ2) is 7.89. The highest BCUT2D eigenvalue weighted by atomic mass is 14.7. The Morgan fingerprint density at radius 1 is 0.913 bits per heavy atom. The number of allylic oxidation sites excluding steroid dienone is 2. The average molecular weight is 304 g/mol. The molecule has 1 heterocycles. The number of nitrogens with zero attached hydrogens (tertiary/aromatic N) is 1. The fourth-order valence-corrected chi connectivity index (χ4v) is 3.01. The van der Waals surface area contributed by atoms with Crippen LogP contribution in [0, 0.1) is 0 Å². The van der Waals surface area contributed by atoms with Crippen molar-refractivity contribution >= 4 is 11.3 Å². The molecule has 0 unspecified atom stereocenters. The quantitative estimate of drug-likeness (QED) is 0.881. The molecule has 2 aromatic rings. The van der Waals surface area contributed by atoms with Crippen molar-refractivity contribution in [2.24, 2.45) is 10.7 Å². The Labute approximate surface area is 138 Å².